The first kappa shape index (κ1) is 21.5. The molecule has 0 radical (unpaired) electrons. The molecule has 0 spiro atoms. The van der Waals surface area contributed by atoms with E-state index < -0.39 is 13.0 Å². The van der Waals surface area contributed by atoms with E-state index in [-0.39, 0.29) is 12.3 Å². The molecular weight excluding hydrogens is 323 g/mol. The summed E-state index contributed by atoms with van der Waals surface area (Å²) < 4.78 is 39.2. The quantitative estimate of drug-likeness (QED) is 0.469. The molecule has 1 amide bonds. The molecule has 0 aliphatic carbocycles. The standard InChI is InChI=1S/C16H20F3N3O2/c1-3-6-14(8-5-10-24-16(17,18)19)22-15(23)9-4-7-13(11-20)12-21-2/h4-8,11-12,20H,2-3,9-10H2,1H3,(H,22,23)/b7-4+,8-5-,13-12-,14-6+,20-11?. The number of alkyl halides is 3. The molecule has 0 unspecified atom stereocenters. The molecule has 132 valence electrons. The van der Waals surface area contributed by atoms with E-state index in [0.717, 1.165) is 12.3 Å². The molecule has 0 bridgehead atoms. The summed E-state index contributed by atoms with van der Waals surface area (Å²) in [5.41, 5.74) is 0.864. The van der Waals surface area contributed by atoms with Crippen molar-refractivity contribution in [2.45, 2.75) is 26.1 Å². The van der Waals surface area contributed by atoms with Gasteiger partial charge in [-0.05, 0) is 19.2 Å². The smallest absolute Gasteiger partial charge is 0.326 e. The Balaban J connectivity index is 4.54. The number of allylic oxidation sites excluding steroid dienone is 4. The van der Waals surface area contributed by atoms with Crippen LogP contribution in [0.3, 0.4) is 0 Å². The topological polar surface area (TPSA) is 74.5 Å². The Morgan fingerprint density at radius 3 is 2.58 bits per heavy atom. The zero-order valence-electron chi connectivity index (χ0n) is 13.3. The maximum absolute atomic E-state index is 11.8. The lowest BCUT2D eigenvalue weighted by molar-refractivity contribution is -0.319. The zero-order chi connectivity index (χ0) is 18.4. The SMILES string of the molecule is C=N/C=C(C=N)/C=C/CC(=O)NC(/C=C\COC(F)(F)F)=C/CC. The Labute approximate surface area is 138 Å². The summed E-state index contributed by atoms with van der Waals surface area (Å²) in [5.74, 6) is -0.344. The molecule has 0 aliphatic heterocycles. The summed E-state index contributed by atoms with van der Waals surface area (Å²) in [4.78, 5) is 15.3. The van der Waals surface area contributed by atoms with E-state index in [1.165, 1.54) is 24.4 Å². The van der Waals surface area contributed by atoms with Gasteiger partial charge in [0.15, 0.2) is 0 Å². The number of ether oxygens (including phenoxy) is 1. The number of nitrogens with one attached hydrogen (secondary N) is 2. The van der Waals surface area contributed by atoms with Crippen LogP contribution in [0.2, 0.25) is 0 Å². The molecule has 0 fully saturated rings. The Kier molecular flexibility index (Phi) is 10.8. The van der Waals surface area contributed by atoms with Gasteiger partial charge in [0.1, 0.15) is 0 Å². The number of amides is 1. The number of rotatable bonds is 10. The Hall–Kier alpha value is -2.48. The molecule has 5 nitrogen and oxygen atoms in total. The second-order valence-electron chi connectivity index (χ2n) is 4.34. The summed E-state index contributed by atoms with van der Waals surface area (Å²) in [5, 5.41) is 9.69. The number of carbonyl (C=O) groups is 1. The zero-order valence-corrected chi connectivity index (χ0v) is 13.3. The van der Waals surface area contributed by atoms with E-state index in [4.69, 9.17) is 5.41 Å². The Morgan fingerprint density at radius 2 is 2.04 bits per heavy atom. The van der Waals surface area contributed by atoms with Gasteiger partial charge in [0, 0.05) is 30.1 Å². The van der Waals surface area contributed by atoms with Gasteiger partial charge in [0.2, 0.25) is 5.91 Å². The highest BCUT2D eigenvalue weighted by molar-refractivity contribution is 5.82. The van der Waals surface area contributed by atoms with E-state index in [2.05, 4.69) is 21.8 Å². The molecule has 0 aromatic rings. The fourth-order valence-corrected chi connectivity index (χ4v) is 1.45. The summed E-state index contributed by atoms with van der Waals surface area (Å²) in [7, 11) is 0. The third-order valence-corrected chi connectivity index (χ3v) is 2.37. The van der Waals surface area contributed by atoms with E-state index >= 15 is 0 Å². The van der Waals surface area contributed by atoms with Crippen molar-refractivity contribution in [2.75, 3.05) is 6.61 Å². The third-order valence-electron chi connectivity index (χ3n) is 2.37. The lowest BCUT2D eigenvalue weighted by atomic mass is 10.2. The molecule has 0 aromatic carbocycles. The van der Waals surface area contributed by atoms with Crippen molar-refractivity contribution in [1.82, 2.24) is 5.32 Å². The monoisotopic (exact) mass is 343 g/mol. The van der Waals surface area contributed by atoms with Crippen LogP contribution >= 0.6 is 0 Å². The maximum atomic E-state index is 11.8. The number of hydrogen-bond acceptors (Lipinski definition) is 4. The largest absolute Gasteiger partial charge is 0.522 e. The first-order chi connectivity index (χ1) is 11.3. The molecule has 0 aliphatic rings. The molecule has 8 heteroatoms. The summed E-state index contributed by atoms with van der Waals surface area (Å²) in [6, 6.07) is 0. The molecule has 0 aromatic heterocycles. The minimum Gasteiger partial charge on any atom is -0.326 e. The second-order valence-corrected chi connectivity index (χ2v) is 4.34. The van der Waals surface area contributed by atoms with Crippen LogP contribution in [0, 0.1) is 5.41 Å². The Morgan fingerprint density at radius 1 is 1.33 bits per heavy atom. The van der Waals surface area contributed by atoms with Gasteiger partial charge in [-0.25, -0.2) is 0 Å². The van der Waals surface area contributed by atoms with Gasteiger partial charge >= 0.3 is 6.36 Å². The van der Waals surface area contributed by atoms with Gasteiger partial charge in [0.25, 0.3) is 0 Å². The van der Waals surface area contributed by atoms with Gasteiger partial charge in [-0.1, -0.05) is 31.2 Å². The van der Waals surface area contributed by atoms with Gasteiger partial charge in [0.05, 0.1) is 6.61 Å². The van der Waals surface area contributed by atoms with Crippen LogP contribution in [0.1, 0.15) is 19.8 Å². The van der Waals surface area contributed by atoms with Crippen molar-refractivity contribution in [2.24, 2.45) is 4.99 Å². The normalized spacial score (nSPS) is 13.5. The highest BCUT2D eigenvalue weighted by Gasteiger charge is 2.27. The first-order valence-electron chi connectivity index (χ1n) is 7.02. The van der Waals surface area contributed by atoms with Crippen molar-refractivity contribution in [1.29, 1.82) is 5.41 Å². The first-order valence-corrected chi connectivity index (χ1v) is 7.02. The maximum Gasteiger partial charge on any atom is 0.522 e. The van der Waals surface area contributed by atoms with E-state index in [1.807, 2.05) is 6.92 Å². The molecule has 0 atom stereocenters. The van der Waals surface area contributed by atoms with Crippen LogP contribution in [0.15, 0.2) is 52.8 Å². The van der Waals surface area contributed by atoms with Crippen LogP contribution in [-0.4, -0.2) is 31.8 Å². The van der Waals surface area contributed by atoms with Gasteiger partial charge < -0.3 is 10.7 Å². The molecule has 24 heavy (non-hydrogen) atoms. The number of aliphatic imine (C=N–C) groups is 1. The average Bonchev–Trinajstić information content (AvgIpc) is 2.49. The van der Waals surface area contributed by atoms with E-state index in [9.17, 15) is 18.0 Å². The van der Waals surface area contributed by atoms with Crippen LogP contribution < -0.4 is 5.32 Å². The van der Waals surface area contributed by atoms with Crippen molar-refractivity contribution in [3.05, 3.63) is 47.9 Å². The minimum absolute atomic E-state index is 0.0380. The number of halogens is 3. The molecular formula is C16H20F3N3O2. The fraction of sp³-hybridized carbons (Fsp3) is 0.312. The molecule has 0 rings (SSSR count). The van der Waals surface area contributed by atoms with Crippen molar-refractivity contribution >= 4 is 18.8 Å². The van der Waals surface area contributed by atoms with Gasteiger partial charge in [-0.15, -0.1) is 13.2 Å². The van der Waals surface area contributed by atoms with Crippen LogP contribution in [0.25, 0.3) is 0 Å². The molecule has 0 saturated heterocycles. The van der Waals surface area contributed by atoms with E-state index in [0.29, 0.717) is 17.7 Å². The van der Waals surface area contributed by atoms with Gasteiger partial charge in [-0.3, -0.25) is 14.5 Å². The van der Waals surface area contributed by atoms with Crippen molar-refractivity contribution in [3.8, 4) is 0 Å². The average molecular weight is 343 g/mol. The summed E-state index contributed by atoms with van der Waals surface area (Å²) >= 11 is 0. The highest BCUT2D eigenvalue weighted by atomic mass is 19.4. The number of carbonyl (C=O) groups excluding carboxylic acids is 1. The minimum atomic E-state index is -4.69. The number of nitrogens with zero attached hydrogens (tertiary/aromatic N) is 1. The predicted octanol–water partition coefficient (Wildman–Crippen LogP) is 3.67. The van der Waals surface area contributed by atoms with Crippen LogP contribution in [-0.2, 0) is 9.53 Å². The van der Waals surface area contributed by atoms with Crippen LogP contribution in [0.5, 0.6) is 0 Å². The lowest BCUT2D eigenvalue weighted by Crippen LogP contribution is -2.21. The fourth-order valence-electron chi connectivity index (χ4n) is 1.45. The lowest BCUT2D eigenvalue weighted by Gasteiger charge is -2.06. The Bertz CT molecular complexity index is 547. The van der Waals surface area contributed by atoms with Crippen molar-refractivity contribution in [3.63, 3.8) is 0 Å². The van der Waals surface area contributed by atoms with E-state index in [1.54, 1.807) is 6.08 Å². The summed E-state index contributed by atoms with van der Waals surface area (Å²) in [6.45, 7) is 4.46. The molecule has 2 N–H and O–H groups in total. The van der Waals surface area contributed by atoms with Crippen molar-refractivity contribution < 1.29 is 22.7 Å². The van der Waals surface area contributed by atoms with Crippen LogP contribution in [0.4, 0.5) is 13.2 Å². The van der Waals surface area contributed by atoms with Gasteiger partial charge in [-0.2, -0.15) is 0 Å². The number of hydrogen-bond donors (Lipinski definition) is 2. The second kappa shape index (κ2) is 12.0. The third kappa shape index (κ3) is 12.1. The highest BCUT2D eigenvalue weighted by Crippen LogP contribution is 2.15. The summed E-state index contributed by atoms with van der Waals surface area (Å²) in [6.07, 6.45) is 5.64. The molecule has 0 saturated carbocycles. The molecule has 0 heterocycles. The predicted molar refractivity (Wildman–Crippen MR) is 87.8 cm³/mol.